The van der Waals surface area contributed by atoms with Crippen molar-refractivity contribution in [1.82, 2.24) is 5.32 Å². The highest BCUT2D eigenvalue weighted by Gasteiger charge is 2.26. The summed E-state index contributed by atoms with van der Waals surface area (Å²) in [4.78, 5) is 1.40. The molecular formula is C13H23NOS. The van der Waals surface area contributed by atoms with E-state index < -0.39 is 0 Å². The number of rotatable bonds is 6. The van der Waals surface area contributed by atoms with E-state index in [-0.39, 0.29) is 11.6 Å². The van der Waals surface area contributed by atoms with Crippen molar-refractivity contribution in [2.45, 2.75) is 58.2 Å². The normalized spacial score (nSPS) is 16.1. The minimum absolute atomic E-state index is 0.224. The molecular weight excluding hydrogens is 218 g/mol. The predicted octanol–water partition coefficient (Wildman–Crippen LogP) is 2.82. The van der Waals surface area contributed by atoms with E-state index in [0.29, 0.717) is 6.04 Å². The van der Waals surface area contributed by atoms with Gasteiger partial charge in [0, 0.05) is 16.5 Å². The second kappa shape index (κ2) is 5.80. The molecule has 0 bridgehead atoms. The molecule has 0 saturated carbocycles. The Morgan fingerprint density at radius 3 is 2.62 bits per heavy atom. The van der Waals surface area contributed by atoms with E-state index in [4.69, 9.17) is 0 Å². The van der Waals surface area contributed by atoms with Gasteiger partial charge in [-0.3, -0.25) is 0 Å². The van der Waals surface area contributed by atoms with Gasteiger partial charge in [-0.2, -0.15) is 0 Å². The van der Waals surface area contributed by atoms with Crippen molar-refractivity contribution in [2.75, 3.05) is 0 Å². The Morgan fingerprint density at radius 2 is 2.19 bits per heavy atom. The van der Waals surface area contributed by atoms with Gasteiger partial charge in [0.1, 0.15) is 0 Å². The predicted molar refractivity (Wildman–Crippen MR) is 71.0 cm³/mol. The van der Waals surface area contributed by atoms with Crippen LogP contribution < -0.4 is 5.32 Å². The van der Waals surface area contributed by atoms with Gasteiger partial charge in [0.05, 0.1) is 6.10 Å². The van der Waals surface area contributed by atoms with Gasteiger partial charge in [0.2, 0.25) is 0 Å². The zero-order valence-electron chi connectivity index (χ0n) is 10.7. The van der Waals surface area contributed by atoms with Gasteiger partial charge in [-0.25, -0.2) is 0 Å². The molecule has 1 rings (SSSR count). The molecule has 1 aromatic rings. The Kier molecular flexibility index (Phi) is 4.96. The minimum Gasteiger partial charge on any atom is -0.392 e. The molecule has 2 atom stereocenters. The van der Waals surface area contributed by atoms with Crippen LogP contribution in [0.15, 0.2) is 17.5 Å². The fourth-order valence-corrected chi connectivity index (χ4v) is 2.40. The highest BCUT2D eigenvalue weighted by atomic mass is 32.1. The number of aliphatic hydroxyl groups excluding tert-OH is 1. The molecule has 0 aromatic carbocycles. The third-order valence-electron chi connectivity index (χ3n) is 3.14. The van der Waals surface area contributed by atoms with Gasteiger partial charge < -0.3 is 10.4 Å². The Morgan fingerprint density at radius 1 is 1.50 bits per heavy atom. The first kappa shape index (κ1) is 13.7. The maximum absolute atomic E-state index is 9.69. The van der Waals surface area contributed by atoms with E-state index in [0.717, 1.165) is 12.8 Å². The summed E-state index contributed by atoms with van der Waals surface area (Å²) in [7, 11) is 0. The first-order valence-electron chi connectivity index (χ1n) is 5.94. The number of hydrogen-bond acceptors (Lipinski definition) is 3. The number of nitrogens with one attached hydrogen (secondary N) is 1. The second-order valence-corrected chi connectivity index (χ2v) is 5.96. The van der Waals surface area contributed by atoms with Crippen LogP contribution in [0.5, 0.6) is 0 Å². The van der Waals surface area contributed by atoms with E-state index in [2.05, 4.69) is 43.6 Å². The van der Waals surface area contributed by atoms with Crippen molar-refractivity contribution >= 4 is 11.3 Å². The summed E-state index contributed by atoms with van der Waals surface area (Å²) in [5, 5.41) is 15.3. The van der Waals surface area contributed by atoms with Crippen LogP contribution in [0.3, 0.4) is 0 Å². The van der Waals surface area contributed by atoms with Crippen LogP contribution >= 0.6 is 11.3 Å². The van der Waals surface area contributed by atoms with Crippen molar-refractivity contribution < 1.29 is 5.11 Å². The second-order valence-electron chi connectivity index (χ2n) is 4.93. The van der Waals surface area contributed by atoms with Gasteiger partial charge in [-0.1, -0.05) is 13.0 Å². The van der Waals surface area contributed by atoms with Gasteiger partial charge in [0.15, 0.2) is 0 Å². The molecule has 0 aliphatic rings. The van der Waals surface area contributed by atoms with Crippen molar-refractivity contribution in [3.05, 3.63) is 22.4 Å². The molecule has 3 heteroatoms. The summed E-state index contributed by atoms with van der Waals surface area (Å²) in [5.41, 5.74) is -0.224. The Hall–Kier alpha value is -0.380. The largest absolute Gasteiger partial charge is 0.392 e. The number of thiophene rings is 1. The zero-order chi connectivity index (χ0) is 12.2. The Labute approximate surface area is 103 Å². The topological polar surface area (TPSA) is 32.3 Å². The molecule has 2 N–H and O–H groups in total. The molecule has 1 heterocycles. The van der Waals surface area contributed by atoms with E-state index in [1.54, 1.807) is 11.3 Å². The molecule has 0 saturated heterocycles. The van der Waals surface area contributed by atoms with Crippen LogP contribution in [0.2, 0.25) is 0 Å². The molecule has 2 unspecified atom stereocenters. The summed E-state index contributed by atoms with van der Waals surface area (Å²) in [6, 6.07) is 4.69. The molecule has 2 nitrogen and oxygen atoms in total. The number of aliphatic hydroxyl groups is 1. The average molecular weight is 241 g/mol. The summed E-state index contributed by atoms with van der Waals surface area (Å²) in [6.45, 7) is 8.12. The maximum Gasteiger partial charge on any atom is 0.0688 e. The summed E-state index contributed by atoms with van der Waals surface area (Å²) in [6.07, 6.45) is 1.78. The van der Waals surface area contributed by atoms with Gasteiger partial charge in [-0.05, 0) is 45.1 Å². The highest BCUT2D eigenvalue weighted by molar-refractivity contribution is 7.09. The van der Waals surface area contributed by atoms with Crippen LogP contribution in [-0.4, -0.2) is 22.8 Å². The van der Waals surface area contributed by atoms with Crippen LogP contribution in [0, 0.1) is 0 Å². The van der Waals surface area contributed by atoms with Gasteiger partial charge in [0.25, 0.3) is 0 Å². The third kappa shape index (κ3) is 3.89. The maximum atomic E-state index is 9.69. The lowest BCUT2D eigenvalue weighted by molar-refractivity contribution is 0.0874. The SMILES string of the molecule is CCC(Cc1cccs1)NC(C)(C)C(C)O. The molecule has 0 spiro atoms. The first-order valence-corrected chi connectivity index (χ1v) is 6.81. The molecule has 92 valence electrons. The summed E-state index contributed by atoms with van der Waals surface area (Å²) >= 11 is 1.80. The average Bonchev–Trinajstić information content (AvgIpc) is 2.68. The third-order valence-corrected chi connectivity index (χ3v) is 4.04. The molecule has 0 amide bonds. The minimum atomic E-state index is -0.343. The van der Waals surface area contributed by atoms with Crippen molar-refractivity contribution in [3.8, 4) is 0 Å². The van der Waals surface area contributed by atoms with Crippen LogP contribution in [0.1, 0.15) is 39.0 Å². The molecule has 0 fully saturated rings. The van der Waals surface area contributed by atoms with Gasteiger partial charge >= 0.3 is 0 Å². The fourth-order valence-electron chi connectivity index (χ4n) is 1.62. The van der Waals surface area contributed by atoms with Crippen molar-refractivity contribution in [2.24, 2.45) is 0 Å². The molecule has 1 aromatic heterocycles. The van der Waals surface area contributed by atoms with Crippen LogP contribution in [-0.2, 0) is 6.42 Å². The molecule has 0 radical (unpaired) electrons. The summed E-state index contributed by atoms with van der Waals surface area (Å²) < 4.78 is 0. The van der Waals surface area contributed by atoms with Crippen LogP contribution in [0.4, 0.5) is 0 Å². The smallest absolute Gasteiger partial charge is 0.0688 e. The lowest BCUT2D eigenvalue weighted by Crippen LogP contribution is -2.53. The van der Waals surface area contributed by atoms with Gasteiger partial charge in [-0.15, -0.1) is 11.3 Å². The van der Waals surface area contributed by atoms with Crippen molar-refractivity contribution in [3.63, 3.8) is 0 Å². The fraction of sp³-hybridized carbons (Fsp3) is 0.692. The number of hydrogen-bond donors (Lipinski definition) is 2. The quantitative estimate of drug-likeness (QED) is 0.802. The highest BCUT2D eigenvalue weighted by Crippen LogP contribution is 2.16. The molecule has 0 aliphatic carbocycles. The molecule has 16 heavy (non-hydrogen) atoms. The van der Waals surface area contributed by atoms with E-state index in [9.17, 15) is 5.11 Å². The zero-order valence-corrected chi connectivity index (χ0v) is 11.5. The summed E-state index contributed by atoms with van der Waals surface area (Å²) in [5.74, 6) is 0. The standard InChI is InChI=1S/C13H23NOS/c1-5-11(9-12-7-6-8-16-12)14-13(3,4)10(2)15/h6-8,10-11,14-15H,5,9H2,1-4H3. The van der Waals surface area contributed by atoms with E-state index in [1.807, 2.05) is 6.92 Å². The van der Waals surface area contributed by atoms with Crippen LogP contribution in [0.25, 0.3) is 0 Å². The van der Waals surface area contributed by atoms with E-state index in [1.165, 1.54) is 4.88 Å². The monoisotopic (exact) mass is 241 g/mol. The Bertz CT molecular complexity index is 293. The lowest BCUT2D eigenvalue weighted by atomic mass is 9.96. The first-order chi connectivity index (χ1) is 7.45. The Balaban J connectivity index is 2.55. The lowest BCUT2D eigenvalue weighted by Gasteiger charge is -2.34. The van der Waals surface area contributed by atoms with E-state index >= 15 is 0 Å². The molecule has 0 aliphatic heterocycles. The van der Waals surface area contributed by atoms with Crippen molar-refractivity contribution in [1.29, 1.82) is 0 Å².